The summed E-state index contributed by atoms with van der Waals surface area (Å²) in [5.74, 6) is 0.204. The number of aryl methyl sites for hydroxylation is 1. The normalized spacial score (nSPS) is 13.7. The molecule has 1 aliphatic heterocycles. The van der Waals surface area contributed by atoms with Crippen LogP contribution in [0.4, 0.5) is 30.9 Å². The number of aromatic nitrogens is 2. The molecule has 1 aromatic heterocycles. The number of hydrogen-bond acceptors (Lipinski definition) is 7. The molecule has 3 aromatic rings. The second-order valence-electron chi connectivity index (χ2n) is 6.97. The first-order valence-corrected chi connectivity index (χ1v) is 9.94. The lowest BCUT2D eigenvalue weighted by Gasteiger charge is -2.20. The van der Waals surface area contributed by atoms with Gasteiger partial charge in [0, 0.05) is 24.0 Å². The first kappa shape index (κ1) is 21.9. The number of benzene rings is 2. The van der Waals surface area contributed by atoms with Crippen molar-refractivity contribution in [2.75, 3.05) is 22.1 Å². The average molecular weight is 455 g/mol. The van der Waals surface area contributed by atoms with Gasteiger partial charge in [-0.3, -0.25) is 9.69 Å². The molecule has 3 amide bonds. The Morgan fingerprint density at radius 3 is 2.67 bits per heavy atom. The molecule has 0 saturated carbocycles. The van der Waals surface area contributed by atoms with E-state index < -0.39 is 18.5 Å². The van der Waals surface area contributed by atoms with Gasteiger partial charge in [0.15, 0.2) is 0 Å². The van der Waals surface area contributed by atoms with Crippen LogP contribution in [0.5, 0.6) is 17.4 Å². The molecule has 170 valence electrons. The van der Waals surface area contributed by atoms with Gasteiger partial charge in [0.2, 0.25) is 11.8 Å². The minimum absolute atomic E-state index is 0.0659. The van der Waals surface area contributed by atoms with Gasteiger partial charge in [0.1, 0.15) is 18.0 Å². The standard InChI is InChI=1S/C22H19F2N5O4/c1-2-13-10-16(32-18-8-9-26-21(25)27-18)6-7-17(13)29-19(30)12-28(22(29)31)14-4-3-5-15(11-14)33-20(23)24/h3-11,20H,2,12H2,1H3,(H2,25,26,27). The second-order valence-corrected chi connectivity index (χ2v) is 6.97. The lowest BCUT2D eigenvalue weighted by Crippen LogP contribution is -2.33. The molecule has 0 unspecified atom stereocenters. The molecular weight excluding hydrogens is 436 g/mol. The highest BCUT2D eigenvalue weighted by atomic mass is 19.3. The predicted octanol–water partition coefficient (Wildman–Crippen LogP) is 3.99. The van der Waals surface area contributed by atoms with Crippen molar-refractivity contribution in [2.45, 2.75) is 20.0 Å². The van der Waals surface area contributed by atoms with Crippen molar-refractivity contribution in [3.8, 4) is 17.4 Å². The molecule has 0 spiro atoms. The maximum absolute atomic E-state index is 13.1. The van der Waals surface area contributed by atoms with Gasteiger partial charge in [-0.25, -0.2) is 14.7 Å². The van der Waals surface area contributed by atoms with Crippen LogP contribution in [-0.4, -0.2) is 35.1 Å². The van der Waals surface area contributed by atoms with E-state index in [0.717, 1.165) is 4.90 Å². The van der Waals surface area contributed by atoms with Crippen LogP contribution in [0.25, 0.3) is 0 Å². The van der Waals surface area contributed by atoms with Gasteiger partial charge in [0.05, 0.1) is 5.69 Å². The average Bonchev–Trinajstić information content (AvgIpc) is 3.07. The van der Waals surface area contributed by atoms with Crippen LogP contribution in [-0.2, 0) is 11.2 Å². The third-order valence-corrected chi connectivity index (χ3v) is 4.86. The summed E-state index contributed by atoms with van der Waals surface area (Å²) >= 11 is 0. The zero-order chi connectivity index (χ0) is 23.5. The summed E-state index contributed by atoms with van der Waals surface area (Å²) < 4.78 is 35.2. The molecular formula is C22H19F2N5O4. The number of rotatable bonds is 7. The Kier molecular flexibility index (Phi) is 6.03. The van der Waals surface area contributed by atoms with Crippen molar-refractivity contribution in [1.82, 2.24) is 9.97 Å². The number of hydrogen-bond donors (Lipinski definition) is 1. The molecule has 11 heteroatoms. The molecule has 1 aliphatic rings. The number of nitrogens with zero attached hydrogens (tertiary/aromatic N) is 4. The molecule has 1 fully saturated rings. The van der Waals surface area contributed by atoms with E-state index in [1.165, 1.54) is 35.4 Å². The third kappa shape index (κ3) is 4.66. The number of alkyl halides is 2. The van der Waals surface area contributed by atoms with E-state index in [4.69, 9.17) is 10.5 Å². The van der Waals surface area contributed by atoms with Crippen molar-refractivity contribution in [3.63, 3.8) is 0 Å². The molecule has 9 nitrogen and oxygen atoms in total. The van der Waals surface area contributed by atoms with Gasteiger partial charge in [0.25, 0.3) is 5.91 Å². The number of halogens is 2. The van der Waals surface area contributed by atoms with Crippen molar-refractivity contribution in [1.29, 1.82) is 0 Å². The van der Waals surface area contributed by atoms with Gasteiger partial charge in [-0.2, -0.15) is 13.8 Å². The number of imide groups is 1. The van der Waals surface area contributed by atoms with Crippen LogP contribution in [0, 0.1) is 0 Å². The predicted molar refractivity (Wildman–Crippen MR) is 116 cm³/mol. The molecule has 4 rings (SSSR count). The largest absolute Gasteiger partial charge is 0.439 e. The Hall–Kier alpha value is -4.28. The zero-order valence-electron chi connectivity index (χ0n) is 17.4. The van der Waals surface area contributed by atoms with Crippen molar-refractivity contribution in [2.24, 2.45) is 0 Å². The van der Waals surface area contributed by atoms with Crippen LogP contribution in [0.1, 0.15) is 12.5 Å². The molecule has 0 atom stereocenters. The summed E-state index contributed by atoms with van der Waals surface area (Å²) in [4.78, 5) is 35.9. The van der Waals surface area contributed by atoms with Crippen LogP contribution >= 0.6 is 0 Å². The number of nitrogens with two attached hydrogens (primary N) is 1. The zero-order valence-corrected chi connectivity index (χ0v) is 17.4. The number of amides is 3. The van der Waals surface area contributed by atoms with Crippen molar-refractivity contribution < 1.29 is 27.8 Å². The third-order valence-electron chi connectivity index (χ3n) is 4.86. The van der Waals surface area contributed by atoms with Gasteiger partial charge in [-0.15, -0.1) is 0 Å². The summed E-state index contributed by atoms with van der Waals surface area (Å²) in [5, 5.41) is 0. The highest BCUT2D eigenvalue weighted by Crippen LogP contribution is 2.33. The monoisotopic (exact) mass is 455 g/mol. The number of urea groups is 1. The molecule has 2 N–H and O–H groups in total. The fourth-order valence-electron chi connectivity index (χ4n) is 3.43. The van der Waals surface area contributed by atoms with E-state index in [1.807, 2.05) is 6.92 Å². The number of nitrogen functional groups attached to an aromatic ring is 1. The van der Waals surface area contributed by atoms with E-state index in [-0.39, 0.29) is 29.8 Å². The maximum atomic E-state index is 13.1. The van der Waals surface area contributed by atoms with E-state index in [2.05, 4.69) is 14.7 Å². The SMILES string of the molecule is CCc1cc(Oc2ccnc(N)n2)ccc1N1C(=O)CN(c2cccc(OC(F)F)c2)C1=O. The van der Waals surface area contributed by atoms with Gasteiger partial charge in [-0.1, -0.05) is 13.0 Å². The molecule has 2 aromatic carbocycles. The number of ether oxygens (including phenoxy) is 2. The first-order valence-electron chi connectivity index (χ1n) is 9.94. The van der Waals surface area contributed by atoms with Crippen LogP contribution in [0.3, 0.4) is 0 Å². The van der Waals surface area contributed by atoms with E-state index in [1.54, 1.807) is 24.3 Å². The summed E-state index contributed by atoms with van der Waals surface area (Å²) in [5.41, 5.74) is 6.93. The van der Waals surface area contributed by atoms with Crippen molar-refractivity contribution >= 4 is 29.3 Å². The summed E-state index contributed by atoms with van der Waals surface area (Å²) in [6, 6.07) is 11.5. The quantitative estimate of drug-likeness (QED) is 0.536. The Morgan fingerprint density at radius 1 is 1.12 bits per heavy atom. The highest BCUT2D eigenvalue weighted by Gasteiger charge is 2.39. The molecule has 0 radical (unpaired) electrons. The second kappa shape index (κ2) is 9.07. The van der Waals surface area contributed by atoms with Crippen LogP contribution in [0.15, 0.2) is 54.7 Å². The fraction of sp³-hybridized carbons (Fsp3) is 0.182. The smallest absolute Gasteiger partial charge is 0.387 e. The Bertz CT molecular complexity index is 1210. The summed E-state index contributed by atoms with van der Waals surface area (Å²) in [6.07, 6.45) is 1.97. The van der Waals surface area contributed by atoms with Crippen molar-refractivity contribution in [3.05, 3.63) is 60.3 Å². The van der Waals surface area contributed by atoms with Gasteiger partial charge < -0.3 is 15.2 Å². The molecule has 1 saturated heterocycles. The maximum Gasteiger partial charge on any atom is 0.387 e. The lowest BCUT2D eigenvalue weighted by molar-refractivity contribution is -0.115. The summed E-state index contributed by atoms with van der Waals surface area (Å²) in [7, 11) is 0. The van der Waals surface area contributed by atoms with E-state index >= 15 is 0 Å². The van der Waals surface area contributed by atoms with E-state index in [9.17, 15) is 18.4 Å². The van der Waals surface area contributed by atoms with Gasteiger partial charge in [-0.05, 0) is 42.3 Å². The van der Waals surface area contributed by atoms with Crippen LogP contribution < -0.4 is 25.0 Å². The molecule has 0 aliphatic carbocycles. The number of carbonyl (C=O) groups excluding carboxylic acids is 2. The highest BCUT2D eigenvalue weighted by molar-refractivity contribution is 6.27. The molecule has 2 heterocycles. The number of carbonyl (C=O) groups is 2. The lowest BCUT2D eigenvalue weighted by atomic mass is 10.1. The Labute approximate surface area is 187 Å². The fourth-order valence-corrected chi connectivity index (χ4v) is 3.43. The Balaban J connectivity index is 1.59. The molecule has 0 bridgehead atoms. The topological polar surface area (TPSA) is 111 Å². The number of anilines is 3. The van der Waals surface area contributed by atoms with E-state index in [0.29, 0.717) is 23.4 Å². The summed E-state index contributed by atoms with van der Waals surface area (Å²) in [6.45, 7) is -1.36. The minimum Gasteiger partial charge on any atom is -0.439 e. The van der Waals surface area contributed by atoms with Gasteiger partial charge >= 0.3 is 12.6 Å². The first-order chi connectivity index (χ1) is 15.9. The Morgan fingerprint density at radius 2 is 1.94 bits per heavy atom. The minimum atomic E-state index is -3.00. The molecule has 33 heavy (non-hydrogen) atoms. The van der Waals surface area contributed by atoms with Crippen LogP contribution in [0.2, 0.25) is 0 Å².